The number of aliphatic hydroxyl groups is 1. The second-order valence-electron chi connectivity index (χ2n) is 7.07. The lowest BCUT2D eigenvalue weighted by Gasteiger charge is -2.37. The first-order chi connectivity index (χ1) is 11.7. The normalized spacial score (nSPS) is 26.1. The van der Waals surface area contributed by atoms with Crippen LogP contribution in [0.1, 0.15) is 37.7 Å². The summed E-state index contributed by atoms with van der Waals surface area (Å²) in [5, 5.41) is 16.2. The fraction of sp³-hybridized carbons (Fsp3) is 0.632. The molecule has 1 saturated carbocycles. The SMILES string of the molecule is COc1ccc(C2(C(=O)NCC3CNCC3O)CCCCC2)cc1. The van der Waals surface area contributed by atoms with Crippen molar-refractivity contribution in [2.45, 2.75) is 43.6 Å². The van der Waals surface area contributed by atoms with E-state index in [-0.39, 0.29) is 17.9 Å². The first-order valence-electron chi connectivity index (χ1n) is 8.97. The minimum absolute atomic E-state index is 0.102. The third-order valence-corrected chi connectivity index (χ3v) is 5.61. The van der Waals surface area contributed by atoms with Crippen LogP contribution < -0.4 is 15.4 Å². The predicted molar refractivity (Wildman–Crippen MR) is 93.1 cm³/mol. The maximum atomic E-state index is 13.1. The molecule has 3 N–H and O–H groups in total. The number of β-amino-alcohol motifs (C(OH)–C–C–N with tert-alkyl or cyclic N) is 1. The number of carbonyl (C=O) groups excluding carboxylic acids is 1. The van der Waals surface area contributed by atoms with Gasteiger partial charge in [0.25, 0.3) is 0 Å². The Morgan fingerprint density at radius 1 is 1.25 bits per heavy atom. The molecule has 2 unspecified atom stereocenters. The molecule has 0 radical (unpaired) electrons. The molecule has 0 aromatic heterocycles. The fourth-order valence-corrected chi connectivity index (χ4v) is 4.03. The Balaban J connectivity index is 1.75. The maximum absolute atomic E-state index is 13.1. The van der Waals surface area contributed by atoms with Gasteiger partial charge in [0.2, 0.25) is 5.91 Å². The zero-order valence-electron chi connectivity index (χ0n) is 14.4. The number of amides is 1. The van der Waals surface area contributed by atoms with Gasteiger partial charge < -0.3 is 20.5 Å². The van der Waals surface area contributed by atoms with Crippen LogP contribution >= 0.6 is 0 Å². The molecule has 1 heterocycles. The van der Waals surface area contributed by atoms with Crippen LogP contribution in [-0.4, -0.2) is 43.9 Å². The Morgan fingerprint density at radius 2 is 1.96 bits per heavy atom. The Bertz CT molecular complexity index is 552. The number of benzene rings is 1. The number of rotatable bonds is 5. The van der Waals surface area contributed by atoms with E-state index in [1.807, 2.05) is 24.3 Å². The minimum atomic E-state index is -0.443. The van der Waals surface area contributed by atoms with Crippen molar-refractivity contribution in [3.8, 4) is 5.75 Å². The number of hydrogen-bond donors (Lipinski definition) is 3. The molecule has 1 aliphatic heterocycles. The number of hydrogen-bond acceptors (Lipinski definition) is 4. The Kier molecular flexibility index (Phi) is 5.41. The maximum Gasteiger partial charge on any atom is 0.230 e. The highest BCUT2D eigenvalue weighted by Crippen LogP contribution is 2.40. The summed E-state index contributed by atoms with van der Waals surface area (Å²) in [5.74, 6) is 1.02. The van der Waals surface area contributed by atoms with Gasteiger partial charge in [-0.1, -0.05) is 31.4 Å². The molecular weight excluding hydrogens is 304 g/mol. The molecule has 132 valence electrons. The molecule has 1 aliphatic carbocycles. The first kappa shape index (κ1) is 17.2. The quantitative estimate of drug-likeness (QED) is 0.766. The van der Waals surface area contributed by atoms with Crippen LogP contribution in [-0.2, 0) is 10.2 Å². The van der Waals surface area contributed by atoms with E-state index < -0.39 is 5.41 Å². The van der Waals surface area contributed by atoms with Gasteiger partial charge in [-0.15, -0.1) is 0 Å². The fourth-order valence-electron chi connectivity index (χ4n) is 4.03. The first-order valence-corrected chi connectivity index (χ1v) is 8.97. The molecule has 1 aromatic carbocycles. The molecule has 1 saturated heterocycles. The van der Waals surface area contributed by atoms with E-state index in [0.29, 0.717) is 13.1 Å². The van der Waals surface area contributed by atoms with Gasteiger partial charge in [-0.2, -0.15) is 0 Å². The molecule has 2 atom stereocenters. The number of carbonyl (C=O) groups is 1. The van der Waals surface area contributed by atoms with Gasteiger partial charge in [-0.25, -0.2) is 0 Å². The van der Waals surface area contributed by atoms with Crippen LogP contribution in [0.2, 0.25) is 0 Å². The van der Waals surface area contributed by atoms with Crippen molar-refractivity contribution < 1.29 is 14.6 Å². The van der Waals surface area contributed by atoms with Crippen molar-refractivity contribution in [1.82, 2.24) is 10.6 Å². The molecule has 5 heteroatoms. The summed E-state index contributed by atoms with van der Waals surface area (Å²) in [7, 11) is 1.65. The van der Waals surface area contributed by atoms with Gasteiger partial charge in [0, 0.05) is 25.6 Å². The lowest BCUT2D eigenvalue weighted by molar-refractivity contribution is -0.128. The zero-order chi connectivity index (χ0) is 17.0. The van der Waals surface area contributed by atoms with Gasteiger partial charge in [0.1, 0.15) is 5.75 Å². The summed E-state index contributed by atoms with van der Waals surface area (Å²) in [6.07, 6.45) is 4.75. The van der Waals surface area contributed by atoms with E-state index in [1.54, 1.807) is 7.11 Å². The molecule has 1 aromatic rings. The van der Waals surface area contributed by atoms with Crippen molar-refractivity contribution >= 4 is 5.91 Å². The number of aliphatic hydroxyl groups excluding tert-OH is 1. The highest BCUT2D eigenvalue weighted by Gasteiger charge is 2.41. The molecule has 2 fully saturated rings. The van der Waals surface area contributed by atoms with Gasteiger partial charge in [-0.05, 0) is 30.5 Å². The Hall–Kier alpha value is -1.59. The molecule has 5 nitrogen and oxygen atoms in total. The van der Waals surface area contributed by atoms with Gasteiger partial charge in [0.15, 0.2) is 0 Å². The molecule has 24 heavy (non-hydrogen) atoms. The molecule has 2 aliphatic rings. The van der Waals surface area contributed by atoms with Crippen LogP contribution in [0.5, 0.6) is 5.75 Å². The van der Waals surface area contributed by atoms with Crippen molar-refractivity contribution in [1.29, 1.82) is 0 Å². The van der Waals surface area contributed by atoms with Crippen molar-refractivity contribution in [2.24, 2.45) is 5.92 Å². The highest BCUT2D eigenvalue weighted by atomic mass is 16.5. The molecule has 1 amide bonds. The van der Waals surface area contributed by atoms with Crippen LogP contribution in [0.3, 0.4) is 0 Å². The van der Waals surface area contributed by atoms with Crippen molar-refractivity contribution in [2.75, 3.05) is 26.7 Å². The van der Waals surface area contributed by atoms with E-state index in [2.05, 4.69) is 10.6 Å². The van der Waals surface area contributed by atoms with E-state index in [1.165, 1.54) is 6.42 Å². The molecule has 0 bridgehead atoms. The second-order valence-corrected chi connectivity index (χ2v) is 7.07. The summed E-state index contributed by atoms with van der Waals surface area (Å²) < 4.78 is 5.24. The van der Waals surface area contributed by atoms with Gasteiger partial charge in [-0.3, -0.25) is 4.79 Å². The van der Waals surface area contributed by atoms with E-state index >= 15 is 0 Å². The molecule has 0 spiro atoms. The molecular formula is C19H28N2O3. The number of methoxy groups -OCH3 is 1. The summed E-state index contributed by atoms with van der Waals surface area (Å²) >= 11 is 0. The lowest BCUT2D eigenvalue weighted by atomic mass is 9.68. The summed E-state index contributed by atoms with van der Waals surface area (Å²) in [4.78, 5) is 13.1. The van der Waals surface area contributed by atoms with Crippen LogP contribution in [0, 0.1) is 5.92 Å². The van der Waals surface area contributed by atoms with Crippen molar-refractivity contribution in [3.63, 3.8) is 0 Å². The summed E-state index contributed by atoms with van der Waals surface area (Å²) in [6, 6.07) is 7.92. The Morgan fingerprint density at radius 3 is 2.54 bits per heavy atom. The summed E-state index contributed by atoms with van der Waals surface area (Å²) in [6.45, 7) is 1.91. The van der Waals surface area contributed by atoms with E-state index in [4.69, 9.17) is 4.74 Å². The number of ether oxygens (including phenoxy) is 1. The second kappa shape index (κ2) is 7.53. The van der Waals surface area contributed by atoms with Crippen molar-refractivity contribution in [3.05, 3.63) is 29.8 Å². The third-order valence-electron chi connectivity index (χ3n) is 5.61. The average Bonchev–Trinajstić information content (AvgIpc) is 3.05. The monoisotopic (exact) mass is 332 g/mol. The smallest absolute Gasteiger partial charge is 0.230 e. The number of nitrogens with one attached hydrogen (secondary N) is 2. The van der Waals surface area contributed by atoms with Gasteiger partial charge >= 0.3 is 0 Å². The van der Waals surface area contributed by atoms with Crippen LogP contribution in [0.15, 0.2) is 24.3 Å². The predicted octanol–water partition coefficient (Wildman–Crippen LogP) is 1.59. The topological polar surface area (TPSA) is 70.6 Å². The zero-order valence-corrected chi connectivity index (χ0v) is 14.4. The molecule has 3 rings (SSSR count). The van der Waals surface area contributed by atoms with Crippen LogP contribution in [0.4, 0.5) is 0 Å². The minimum Gasteiger partial charge on any atom is -0.497 e. The van der Waals surface area contributed by atoms with E-state index in [9.17, 15) is 9.90 Å². The lowest BCUT2D eigenvalue weighted by Crippen LogP contribution is -2.48. The van der Waals surface area contributed by atoms with Gasteiger partial charge in [0.05, 0.1) is 18.6 Å². The van der Waals surface area contributed by atoms with Crippen LogP contribution in [0.25, 0.3) is 0 Å². The Labute approximate surface area is 143 Å². The average molecular weight is 332 g/mol. The highest BCUT2D eigenvalue weighted by molar-refractivity contribution is 5.88. The summed E-state index contributed by atoms with van der Waals surface area (Å²) in [5.41, 5.74) is 0.632. The largest absolute Gasteiger partial charge is 0.497 e. The third kappa shape index (κ3) is 3.42. The van der Waals surface area contributed by atoms with E-state index in [0.717, 1.165) is 43.5 Å². The standard InChI is InChI=1S/C19H28N2O3/c1-24-16-7-5-15(6-8-16)19(9-3-2-4-10-19)18(23)21-12-14-11-20-13-17(14)22/h5-8,14,17,20,22H,2-4,9-13H2,1H3,(H,21,23).